The van der Waals surface area contributed by atoms with E-state index in [4.69, 9.17) is 5.11 Å². The van der Waals surface area contributed by atoms with Gasteiger partial charge in [0, 0.05) is 6.42 Å². The third-order valence-electron chi connectivity index (χ3n) is 3.65. The molecule has 3 heteroatoms. The average molecular weight is 306 g/mol. The molecule has 0 aromatic carbocycles. The van der Waals surface area contributed by atoms with Crippen LogP contribution in [-0.2, 0) is 4.79 Å². The van der Waals surface area contributed by atoms with Crippen LogP contribution in [-0.4, -0.2) is 40.6 Å². The molecule has 21 heavy (non-hydrogen) atoms. The Morgan fingerprint density at radius 3 is 1.67 bits per heavy atom. The molecule has 1 N–H and O–H groups in total. The molecule has 0 amide bonds. The molecule has 0 spiro atoms. The molecule has 0 fully saturated rings. The van der Waals surface area contributed by atoms with Gasteiger partial charge in [0.25, 0.3) is 0 Å². The van der Waals surface area contributed by atoms with E-state index in [-0.39, 0.29) is 29.6 Å². The molecule has 0 rings (SSSR count). The van der Waals surface area contributed by atoms with E-state index in [1.54, 1.807) is 0 Å². The Balaban J connectivity index is 0. The van der Waals surface area contributed by atoms with Gasteiger partial charge in [0.15, 0.2) is 0 Å². The van der Waals surface area contributed by atoms with Crippen LogP contribution in [0.2, 0.25) is 0 Å². The quantitative estimate of drug-likeness (QED) is 0.248. The van der Waals surface area contributed by atoms with E-state index in [9.17, 15) is 4.79 Å². The Kier molecular flexibility index (Phi) is 22.6. The number of carbonyl (C=O) groups is 1. The van der Waals surface area contributed by atoms with Crippen molar-refractivity contribution in [2.45, 2.75) is 96.8 Å². The summed E-state index contributed by atoms with van der Waals surface area (Å²) in [4.78, 5) is 10.3. The fraction of sp³-hybridized carbons (Fsp3) is 0.833. The topological polar surface area (TPSA) is 37.3 Å². The normalized spacial score (nSPS) is 10.7. The van der Waals surface area contributed by atoms with Crippen LogP contribution in [0.3, 0.4) is 0 Å². The van der Waals surface area contributed by atoms with E-state index in [2.05, 4.69) is 19.1 Å². The summed E-state index contributed by atoms with van der Waals surface area (Å²) in [6.45, 7) is 2.24. The van der Waals surface area contributed by atoms with Gasteiger partial charge in [-0.05, 0) is 25.7 Å². The molecule has 0 aromatic rings. The van der Waals surface area contributed by atoms with Gasteiger partial charge in [-0.2, -0.15) is 0 Å². The van der Waals surface area contributed by atoms with Crippen LogP contribution < -0.4 is 0 Å². The summed E-state index contributed by atoms with van der Waals surface area (Å²) in [7, 11) is 0. The van der Waals surface area contributed by atoms with Crippen LogP contribution >= 0.6 is 0 Å². The molecule has 0 bridgehead atoms. The van der Waals surface area contributed by atoms with Crippen LogP contribution in [0.4, 0.5) is 0 Å². The molecule has 0 aliphatic rings. The summed E-state index contributed by atoms with van der Waals surface area (Å²) in [6, 6.07) is 0. The van der Waals surface area contributed by atoms with E-state index in [1.807, 2.05) is 0 Å². The second-order valence-corrected chi connectivity index (χ2v) is 5.73. The van der Waals surface area contributed by atoms with Crippen molar-refractivity contribution in [2.75, 3.05) is 0 Å². The summed E-state index contributed by atoms with van der Waals surface area (Å²) in [5, 5.41) is 8.51. The first kappa shape index (κ1) is 23.5. The maximum absolute atomic E-state index is 10.3. The van der Waals surface area contributed by atoms with E-state index in [0.717, 1.165) is 12.8 Å². The summed E-state index contributed by atoms with van der Waals surface area (Å²) in [5.74, 6) is -0.659. The van der Waals surface area contributed by atoms with Gasteiger partial charge in [0.05, 0.1) is 0 Å². The van der Waals surface area contributed by atoms with Gasteiger partial charge in [-0.1, -0.05) is 76.9 Å². The van der Waals surface area contributed by atoms with Gasteiger partial charge in [-0.25, -0.2) is 0 Å². The average Bonchev–Trinajstić information content (AvgIpc) is 2.43. The van der Waals surface area contributed by atoms with Crippen LogP contribution in [0.5, 0.6) is 0 Å². The van der Waals surface area contributed by atoms with Crippen LogP contribution in [0.25, 0.3) is 0 Å². The van der Waals surface area contributed by atoms with Crippen molar-refractivity contribution in [1.29, 1.82) is 0 Å². The van der Waals surface area contributed by atoms with Gasteiger partial charge in [0.1, 0.15) is 0 Å². The van der Waals surface area contributed by atoms with Gasteiger partial charge >= 0.3 is 35.5 Å². The first-order chi connectivity index (χ1) is 9.77. The second kappa shape index (κ2) is 20.2. The van der Waals surface area contributed by atoms with Crippen molar-refractivity contribution < 1.29 is 9.90 Å². The third-order valence-corrected chi connectivity index (χ3v) is 3.65. The number of carboxylic acids is 1. The monoisotopic (exact) mass is 306 g/mol. The predicted molar refractivity (Wildman–Crippen MR) is 94.2 cm³/mol. The van der Waals surface area contributed by atoms with Crippen molar-refractivity contribution in [3.05, 3.63) is 12.2 Å². The Morgan fingerprint density at radius 1 is 0.762 bits per heavy atom. The number of rotatable bonds is 15. The van der Waals surface area contributed by atoms with Crippen LogP contribution in [0, 0.1) is 0 Å². The number of hydrogen-bond acceptors (Lipinski definition) is 1. The number of allylic oxidation sites excluding steroid dienone is 2. The van der Waals surface area contributed by atoms with Crippen molar-refractivity contribution >= 4 is 35.5 Å². The molecule has 0 radical (unpaired) electrons. The summed E-state index contributed by atoms with van der Waals surface area (Å²) in [6.07, 6.45) is 21.2. The molecule has 0 aliphatic heterocycles. The standard InChI is InChI=1S/C18H34O2.Na.H/c1-2-3-4-5-6-7-8-9-10-11-12-13-14-15-16-17-18(19)20;;/h5-6H,2-4,7-17H2,1H3,(H,19,20);;/b6-5-;;. The zero-order valence-electron chi connectivity index (χ0n) is 13.4. The summed E-state index contributed by atoms with van der Waals surface area (Å²) < 4.78 is 0. The zero-order chi connectivity index (χ0) is 14.9. The predicted octanol–water partition coefficient (Wildman–Crippen LogP) is 5.46. The Bertz CT molecular complexity index is 239. The number of aliphatic carboxylic acids is 1. The number of hydrogen-bond donors (Lipinski definition) is 1. The molecule has 2 nitrogen and oxygen atoms in total. The van der Waals surface area contributed by atoms with Crippen molar-refractivity contribution in [3.8, 4) is 0 Å². The first-order valence-corrected chi connectivity index (χ1v) is 8.64. The van der Waals surface area contributed by atoms with Gasteiger partial charge in [0.2, 0.25) is 0 Å². The SMILES string of the molecule is CCCC/C=C\CCCCCCCCCCCC(=O)O.[NaH]. The van der Waals surface area contributed by atoms with Crippen molar-refractivity contribution in [2.24, 2.45) is 0 Å². The molecule has 0 saturated heterocycles. The van der Waals surface area contributed by atoms with Gasteiger partial charge < -0.3 is 5.11 Å². The van der Waals surface area contributed by atoms with Crippen molar-refractivity contribution in [1.82, 2.24) is 0 Å². The van der Waals surface area contributed by atoms with E-state index in [0.29, 0.717) is 6.42 Å². The van der Waals surface area contributed by atoms with Gasteiger partial charge in [-0.3, -0.25) is 4.79 Å². The minimum absolute atomic E-state index is 0. The minimum atomic E-state index is -0.659. The Labute approximate surface area is 154 Å². The maximum atomic E-state index is 10.3. The fourth-order valence-electron chi connectivity index (χ4n) is 2.33. The molecule has 0 atom stereocenters. The zero-order valence-corrected chi connectivity index (χ0v) is 13.4. The van der Waals surface area contributed by atoms with E-state index in [1.165, 1.54) is 70.6 Å². The molecule has 0 unspecified atom stereocenters. The number of unbranched alkanes of at least 4 members (excludes halogenated alkanes) is 11. The molecule has 0 aromatic heterocycles. The Morgan fingerprint density at radius 2 is 1.19 bits per heavy atom. The summed E-state index contributed by atoms with van der Waals surface area (Å²) >= 11 is 0. The van der Waals surface area contributed by atoms with Crippen molar-refractivity contribution in [3.63, 3.8) is 0 Å². The summed E-state index contributed by atoms with van der Waals surface area (Å²) in [5.41, 5.74) is 0. The molecule has 0 heterocycles. The first-order valence-electron chi connectivity index (χ1n) is 8.64. The van der Waals surface area contributed by atoms with E-state index < -0.39 is 5.97 Å². The molecule has 0 saturated carbocycles. The fourth-order valence-corrected chi connectivity index (χ4v) is 2.33. The molecule has 120 valence electrons. The Hall–Kier alpha value is 0.210. The van der Waals surface area contributed by atoms with E-state index >= 15 is 0 Å². The van der Waals surface area contributed by atoms with Gasteiger partial charge in [-0.15, -0.1) is 0 Å². The molecular formula is C18H35NaO2. The van der Waals surface area contributed by atoms with Crippen LogP contribution in [0.1, 0.15) is 96.8 Å². The van der Waals surface area contributed by atoms with Crippen LogP contribution in [0.15, 0.2) is 12.2 Å². The third kappa shape index (κ3) is 22.6. The molecule has 0 aliphatic carbocycles. The second-order valence-electron chi connectivity index (χ2n) is 5.73. The number of carboxylic acid groups (broad SMARTS) is 1. The molecular weight excluding hydrogens is 271 g/mol.